The molecule has 0 atom stereocenters. The number of aromatic nitrogens is 2. The number of hydrogen-bond donors (Lipinski definition) is 0. The van der Waals surface area contributed by atoms with Gasteiger partial charge in [-0.3, -0.25) is 0 Å². The molecule has 2 nitrogen and oxygen atoms in total. The van der Waals surface area contributed by atoms with E-state index in [1.54, 1.807) is 0 Å². The van der Waals surface area contributed by atoms with E-state index >= 15 is 0 Å². The van der Waals surface area contributed by atoms with Crippen LogP contribution in [0.15, 0.2) is 182 Å². The molecule has 0 radical (unpaired) electrons. The highest BCUT2D eigenvalue weighted by Gasteiger charge is 2.17. The van der Waals surface area contributed by atoms with Gasteiger partial charge in [0.1, 0.15) is 0 Å². The molecule has 10 rings (SSSR count). The largest absolute Gasteiger partial charge is 0.228 e. The van der Waals surface area contributed by atoms with E-state index in [-0.39, 0.29) is 0 Å². The molecule has 0 aliphatic carbocycles. The molecule has 0 N–H and O–H groups in total. The van der Waals surface area contributed by atoms with Gasteiger partial charge in [0.2, 0.25) is 0 Å². The zero-order valence-corrected chi connectivity index (χ0v) is 28.4. The molecule has 8 aromatic carbocycles. The van der Waals surface area contributed by atoms with Crippen LogP contribution in [0.3, 0.4) is 0 Å². The highest BCUT2D eigenvalue weighted by molar-refractivity contribution is 7.26. The summed E-state index contributed by atoms with van der Waals surface area (Å²) in [6.07, 6.45) is 0. The predicted octanol–water partition coefficient (Wildman–Crippen LogP) is 13.5. The molecule has 51 heavy (non-hydrogen) atoms. The Kier molecular flexibility index (Phi) is 7.04. The fourth-order valence-electron chi connectivity index (χ4n) is 7.41. The van der Waals surface area contributed by atoms with Gasteiger partial charge in [0.25, 0.3) is 0 Å². The number of rotatable bonds is 5. The van der Waals surface area contributed by atoms with Crippen molar-refractivity contribution in [3.8, 4) is 56.2 Å². The minimum Gasteiger partial charge on any atom is -0.228 e. The first-order valence-electron chi connectivity index (χ1n) is 17.2. The van der Waals surface area contributed by atoms with E-state index in [9.17, 15) is 0 Å². The molecule has 0 aliphatic rings. The number of benzene rings is 8. The predicted molar refractivity (Wildman–Crippen MR) is 217 cm³/mol. The van der Waals surface area contributed by atoms with Crippen molar-refractivity contribution >= 4 is 53.1 Å². The lowest BCUT2D eigenvalue weighted by Gasteiger charge is -2.14. The maximum atomic E-state index is 5.22. The van der Waals surface area contributed by atoms with Gasteiger partial charge < -0.3 is 0 Å². The minimum atomic E-state index is 0.712. The molecule has 0 amide bonds. The lowest BCUT2D eigenvalue weighted by Crippen LogP contribution is -1.96. The second-order valence-corrected chi connectivity index (χ2v) is 14.0. The smallest absolute Gasteiger partial charge is 0.160 e. The van der Waals surface area contributed by atoms with E-state index in [0.29, 0.717) is 5.82 Å². The fourth-order valence-corrected chi connectivity index (χ4v) is 8.66. The van der Waals surface area contributed by atoms with Crippen LogP contribution in [0.4, 0.5) is 0 Å². The summed E-state index contributed by atoms with van der Waals surface area (Å²) >= 11 is 1.89. The van der Waals surface area contributed by atoms with Crippen LogP contribution in [-0.4, -0.2) is 9.97 Å². The third kappa shape index (κ3) is 5.18. The lowest BCUT2D eigenvalue weighted by molar-refractivity contribution is 1.18. The summed E-state index contributed by atoms with van der Waals surface area (Å²) in [5, 5.41) is 7.76. The van der Waals surface area contributed by atoms with Crippen LogP contribution in [0.1, 0.15) is 0 Å². The molecule has 10 aromatic rings. The van der Waals surface area contributed by atoms with Crippen molar-refractivity contribution in [2.45, 2.75) is 0 Å². The van der Waals surface area contributed by atoms with Crippen molar-refractivity contribution in [1.29, 1.82) is 0 Å². The Labute approximate surface area is 300 Å². The van der Waals surface area contributed by atoms with Gasteiger partial charge in [0.05, 0.1) is 11.4 Å². The third-order valence-corrected chi connectivity index (χ3v) is 11.1. The van der Waals surface area contributed by atoms with E-state index in [0.717, 1.165) is 39.2 Å². The molecule has 3 heteroatoms. The van der Waals surface area contributed by atoms with Crippen LogP contribution in [0.2, 0.25) is 0 Å². The zero-order valence-electron chi connectivity index (χ0n) is 27.6. The normalized spacial score (nSPS) is 11.5. The van der Waals surface area contributed by atoms with Crippen LogP contribution in [-0.2, 0) is 0 Å². The Morgan fingerprint density at radius 1 is 0.353 bits per heavy atom. The summed E-state index contributed by atoms with van der Waals surface area (Å²) in [7, 11) is 0. The monoisotopic (exact) mass is 666 g/mol. The van der Waals surface area contributed by atoms with Crippen LogP contribution in [0.5, 0.6) is 0 Å². The SMILES string of the molecule is c1ccc(-c2cc(-c3cc(-c4ccccc4)nc(-c4ccccc4)n3)cc(-c3cccc4sc5c6ccc7ccccc7c6ccc5c34)c2)cc1. The summed E-state index contributed by atoms with van der Waals surface area (Å²) in [4.78, 5) is 10.3. The summed E-state index contributed by atoms with van der Waals surface area (Å²) < 4.78 is 2.62. The number of nitrogens with zero attached hydrogens (tertiary/aromatic N) is 2. The Morgan fingerprint density at radius 3 is 1.75 bits per heavy atom. The summed E-state index contributed by atoms with van der Waals surface area (Å²) in [5.41, 5.74) is 9.60. The molecule has 2 aromatic heterocycles. The molecule has 0 unspecified atom stereocenters. The van der Waals surface area contributed by atoms with Gasteiger partial charge in [-0.2, -0.15) is 0 Å². The average Bonchev–Trinajstić information content (AvgIpc) is 3.61. The van der Waals surface area contributed by atoms with Crippen molar-refractivity contribution in [1.82, 2.24) is 9.97 Å². The van der Waals surface area contributed by atoms with E-state index in [1.807, 2.05) is 35.6 Å². The first kappa shape index (κ1) is 29.5. The van der Waals surface area contributed by atoms with Gasteiger partial charge in [-0.05, 0) is 68.7 Å². The maximum Gasteiger partial charge on any atom is 0.160 e. The Bertz CT molecular complexity index is 2840. The second-order valence-electron chi connectivity index (χ2n) is 13.0. The first-order chi connectivity index (χ1) is 25.3. The number of hydrogen-bond acceptors (Lipinski definition) is 3. The van der Waals surface area contributed by atoms with Gasteiger partial charge in [0, 0.05) is 42.2 Å². The molecular weight excluding hydrogens is 637 g/mol. The van der Waals surface area contributed by atoms with E-state index in [1.165, 1.54) is 52.8 Å². The van der Waals surface area contributed by atoms with Crippen LogP contribution >= 0.6 is 11.3 Å². The highest BCUT2D eigenvalue weighted by atomic mass is 32.1. The quantitative estimate of drug-likeness (QED) is 0.171. The van der Waals surface area contributed by atoms with Crippen LogP contribution < -0.4 is 0 Å². The highest BCUT2D eigenvalue weighted by Crippen LogP contribution is 2.45. The first-order valence-corrected chi connectivity index (χ1v) is 18.1. The van der Waals surface area contributed by atoms with Gasteiger partial charge in [0.15, 0.2) is 5.82 Å². The topological polar surface area (TPSA) is 25.8 Å². The molecule has 0 saturated carbocycles. The Balaban J connectivity index is 1.22. The van der Waals surface area contributed by atoms with Crippen LogP contribution in [0.25, 0.3) is 97.9 Å². The Hall–Kier alpha value is -6.42. The second kappa shape index (κ2) is 12.2. The molecule has 0 fully saturated rings. The van der Waals surface area contributed by atoms with Crippen LogP contribution in [0, 0.1) is 0 Å². The van der Waals surface area contributed by atoms with Crippen molar-refractivity contribution < 1.29 is 0 Å². The molecule has 238 valence electrons. The third-order valence-electron chi connectivity index (χ3n) is 9.86. The lowest BCUT2D eigenvalue weighted by atomic mass is 9.92. The summed E-state index contributed by atoms with van der Waals surface area (Å²) in [6.45, 7) is 0. The molecule has 0 bridgehead atoms. The van der Waals surface area contributed by atoms with Crippen molar-refractivity contribution in [2.75, 3.05) is 0 Å². The van der Waals surface area contributed by atoms with E-state index < -0.39 is 0 Å². The number of fused-ring (bicyclic) bond motifs is 7. The minimum absolute atomic E-state index is 0.712. The van der Waals surface area contributed by atoms with Gasteiger partial charge in [-0.1, -0.05) is 152 Å². The summed E-state index contributed by atoms with van der Waals surface area (Å²) in [6, 6.07) is 65.0. The van der Waals surface area contributed by atoms with E-state index in [4.69, 9.17) is 9.97 Å². The average molecular weight is 667 g/mol. The molecular formula is C48H30N2S. The summed E-state index contributed by atoms with van der Waals surface area (Å²) in [5.74, 6) is 0.712. The van der Waals surface area contributed by atoms with Crippen molar-refractivity contribution in [3.63, 3.8) is 0 Å². The fraction of sp³-hybridized carbons (Fsp3) is 0. The standard InChI is InChI=1S/C48H30N2S/c1-4-13-31(14-5-1)35-27-36(29-37(28-35)44-30-43(33-16-6-2-7-17-33)49-48(50-44)34-18-8-3-9-19-34)39-21-12-22-45-46(39)42-26-25-40-38-20-11-10-15-32(38)23-24-41(40)47(42)51-45/h1-30H. The van der Waals surface area contributed by atoms with Gasteiger partial charge >= 0.3 is 0 Å². The molecule has 0 aliphatic heterocycles. The molecule has 0 saturated heterocycles. The maximum absolute atomic E-state index is 5.22. The molecule has 0 spiro atoms. The van der Waals surface area contributed by atoms with Crippen molar-refractivity contribution in [2.24, 2.45) is 0 Å². The Morgan fingerprint density at radius 2 is 0.961 bits per heavy atom. The zero-order chi connectivity index (χ0) is 33.7. The van der Waals surface area contributed by atoms with E-state index in [2.05, 4.69) is 158 Å². The van der Waals surface area contributed by atoms with Crippen molar-refractivity contribution in [3.05, 3.63) is 182 Å². The number of thiophene rings is 1. The van der Waals surface area contributed by atoms with Gasteiger partial charge in [-0.25, -0.2) is 9.97 Å². The van der Waals surface area contributed by atoms with Gasteiger partial charge in [-0.15, -0.1) is 11.3 Å². The molecule has 2 heterocycles.